The van der Waals surface area contributed by atoms with E-state index in [9.17, 15) is 4.79 Å². The minimum Gasteiger partial charge on any atom is -0.351 e. The van der Waals surface area contributed by atoms with E-state index in [2.05, 4.69) is 10.6 Å². The summed E-state index contributed by atoms with van der Waals surface area (Å²) in [5, 5.41) is 6.37. The molecular weight excluding hydrogens is 196 g/mol. The Morgan fingerprint density at radius 3 is 2.93 bits per heavy atom. The molecule has 2 rings (SSSR count). The van der Waals surface area contributed by atoms with Gasteiger partial charge >= 0.3 is 0 Å². The third kappa shape index (κ3) is 2.64. The van der Waals surface area contributed by atoms with Crippen LogP contribution in [0.4, 0.5) is 0 Å². The number of thioether (sulfide) groups is 1. The summed E-state index contributed by atoms with van der Waals surface area (Å²) in [6, 6.07) is 0.505. The predicted molar refractivity (Wildman–Crippen MR) is 59.5 cm³/mol. The molecule has 0 aliphatic carbocycles. The van der Waals surface area contributed by atoms with Crippen molar-refractivity contribution >= 4 is 17.7 Å². The first-order valence-corrected chi connectivity index (χ1v) is 6.63. The average molecular weight is 214 g/mol. The minimum absolute atomic E-state index is 0.0851. The van der Waals surface area contributed by atoms with Crippen molar-refractivity contribution in [1.82, 2.24) is 10.6 Å². The quantitative estimate of drug-likeness (QED) is 0.713. The SMILES string of the molecule is O=C(NC1CCCSC1)[C@@H]1CCCN1. The van der Waals surface area contributed by atoms with Gasteiger partial charge in [0.25, 0.3) is 0 Å². The first-order valence-electron chi connectivity index (χ1n) is 5.48. The summed E-state index contributed by atoms with van der Waals surface area (Å²) in [7, 11) is 0. The van der Waals surface area contributed by atoms with Crippen molar-refractivity contribution in [2.45, 2.75) is 37.8 Å². The molecule has 1 amide bonds. The zero-order valence-electron chi connectivity index (χ0n) is 8.42. The molecule has 2 atom stereocenters. The van der Waals surface area contributed by atoms with E-state index < -0.39 is 0 Å². The molecule has 14 heavy (non-hydrogen) atoms. The first kappa shape index (κ1) is 10.3. The van der Waals surface area contributed by atoms with Gasteiger partial charge in [0.15, 0.2) is 0 Å². The van der Waals surface area contributed by atoms with Crippen LogP contribution in [0.25, 0.3) is 0 Å². The van der Waals surface area contributed by atoms with E-state index in [1.165, 1.54) is 12.2 Å². The zero-order chi connectivity index (χ0) is 9.80. The van der Waals surface area contributed by atoms with Crippen LogP contribution >= 0.6 is 11.8 Å². The number of nitrogens with one attached hydrogen (secondary N) is 2. The van der Waals surface area contributed by atoms with Gasteiger partial charge in [0.1, 0.15) is 0 Å². The van der Waals surface area contributed by atoms with Crippen LogP contribution in [0.2, 0.25) is 0 Å². The fourth-order valence-corrected chi connectivity index (χ4v) is 3.14. The fourth-order valence-electron chi connectivity index (χ4n) is 2.06. The smallest absolute Gasteiger partial charge is 0.237 e. The molecule has 0 aromatic rings. The predicted octanol–water partition coefficient (Wildman–Crippen LogP) is 0.750. The van der Waals surface area contributed by atoms with Crippen LogP contribution in [0.5, 0.6) is 0 Å². The Morgan fingerprint density at radius 2 is 2.29 bits per heavy atom. The van der Waals surface area contributed by atoms with E-state index in [-0.39, 0.29) is 11.9 Å². The lowest BCUT2D eigenvalue weighted by Gasteiger charge is -2.24. The Labute approximate surface area is 89.4 Å². The molecule has 0 bridgehead atoms. The highest BCUT2D eigenvalue weighted by Gasteiger charge is 2.24. The Balaban J connectivity index is 1.75. The van der Waals surface area contributed by atoms with Crippen LogP contribution in [0, 0.1) is 0 Å². The summed E-state index contributed by atoms with van der Waals surface area (Å²) in [6.45, 7) is 0.998. The molecule has 0 spiro atoms. The van der Waals surface area contributed by atoms with Crippen molar-refractivity contribution in [2.75, 3.05) is 18.1 Å². The number of hydrogen-bond donors (Lipinski definition) is 2. The minimum atomic E-state index is 0.0851. The molecule has 0 aromatic heterocycles. The normalized spacial score (nSPS) is 32.9. The zero-order valence-corrected chi connectivity index (χ0v) is 9.24. The molecule has 0 saturated carbocycles. The van der Waals surface area contributed by atoms with E-state index in [1.807, 2.05) is 11.8 Å². The summed E-state index contributed by atoms with van der Waals surface area (Å²) in [5.41, 5.74) is 0. The van der Waals surface area contributed by atoms with Crippen LogP contribution in [-0.2, 0) is 4.79 Å². The lowest BCUT2D eigenvalue weighted by molar-refractivity contribution is -0.123. The van der Waals surface area contributed by atoms with E-state index in [1.54, 1.807) is 0 Å². The third-order valence-electron chi connectivity index (χ3n) is 2.88. The van der Waals surface area contributed by atoms with Gasteiger partial charge in [0, 0.05) is 11.8 Å². The summed E-state index contributed by atoms with van der Waals surface area (Å²) in [5.74, 6) is 2.57. The van der Waals surface area contributed by atoms with E-state index >= 15 is 0 Å². The molecule has 2 N–H and O–H groups in total. The maximum absolute atomic E-state index is 11.7. The van der Waals surface area contributed by atoms with Crippen molar-refractivity contribution in [2.24, 2.45) is 0 Å². The van der Waals surface area contributed by atoms with E-state index in [0.29, 0.717) is 6.04 Å². The van der Waals surface area contributed by atoms with Gasteiger partial charge in [-0.2, -0.15) is 11.8 Å². The summed E-state index contributed by atoms with van der Waals surface area (Å²) < 4.78 is 0. The topological polar surface area (TPSA) is 41.1 Å². The number of carbonyl (C=O) groups excluding carboxylic acids is 1. The number of carbonyl (C=O) groups is 1. The molecule has 2 aliphatic rings. The molecule has 4 heteroatoms. The van der Waals surface area contributed by atoms with Crippen molar-refractivity contribution in [3.63, 3.8) is 0 Å². The van der Waals surface area contributed by atoms with E-state index in [4.69, 9.17) is 0 Å². The molecule has 3 nitrogen and oxygen atoms in total. The highest BCUT2D eigenvalue weighted by Crippen LogP contribution is 2.17. The van der Waals surface area contributed by atoms with Gasteiger partial charge in [0.05, 0.1) is 6.04 Å². The first-order chi connectivity index (χ1) is 6.86. The van der Waals surface area contributed by atoms with Crippen molar-refractivity contribution in [3.8, 4) is 0 Å². The second-order valence-electron chi connectivity index (χ2n) is 4.07. The summed E-state index contributed by atoms with van der Waals surface area (Å²) in [4.78, 5) is 11.7. The van der Waals surface area contributed by atoms with Crippen molar-refractivity contribution < 1.29 is 4.79 Å². The van der Waals surface area contributed by atoms with Crippen LogP contribution in [-0.4, -0.2) is 36.0 Å². The number of rotatable bonds is 2. The molecule has 0 radical (unpaired) electrons. The Bertz CT molecular complexity index is 198. The van der Waals surface area contributed by atoms with Crippen molar-refractivity contribution in [3.05, 3.63) is 0 Å². The van der Waals surface area contributed by atoms with Crippen LogP contribution in [0.3, 0.4) is 0 Å². The van der Waals surface area contributed by atoms with Crippen LogP contribution in [0.15, 0.2) is 0 Å². The molecular formula is C10H18N2OS. The van der Waals surface area contributed by atoms with Gasteiger partial charge < -0.3 is 10.6 Å². The number of amides is 1. The maximum atomic E-state index is 11.7. The van der Waals surface area contributed by atoms with Crippen LogP contribution in [0.1, 0.15) is 25.7 Å². The number of hydrogen-bond acceptors (Lipinski definition) is 3. The summed E-state index contributed by atoms with van der Waals surface area (Å²) in [6.07, 6.45) is 4.54. The van der Waals surface area contributed by atoms with Crippen LogP contribution < -0.4 is 10.6 Å². The average Bonchev–Trinajstić information content (AvgIpc) is 2.72. The molecule has 0 aromatic carbocycles. The van der Waals surface area contributed by atoms with Gasteiger partial charge in [-0.1, -0.05) is 0 Å². The van der Waals surface area contributed by atoms with Crippen molar-refractivity contribution in [1.29, 1.82) is 0 Å². The van der Waals surface area contributed by atoms with Gasteiger partial charge in [-0.25, -0.2) is 0 Å². The Kier molecular flexibility index (Phi) is 3.70. The van der Waals surface area contributed by atoms with Gasteiger partial charge in [-0.05, 0) is 38.0 Å². The molecule has 2 heterocycles. The standard InChI is InChI=1S/C10H18N2OS/c13-10(9-4-1-5-11-9)12-8-3-2-6-14-7-8/h8-9,11H,1-7H2,(H,12,13)/t8?,9-/m0/s1. The highest BCUT2D eigenvalue weighted by molar-refractivity contribution is 7.99. The third-order valence-corrected chi connectivity index (χ3v) is 4.10. The monoisotopic (exact) mass is 214 g/mol. The molecule has 2 fully saturated rings. The molecule has 2 aliphatic heterocycles. The lowest BCUT2D eigenvalue weighted by Crippen LogP contribution is -2.46. The van der Waals surface area contributed by atoms with E-state index in [0.717, 1.165) is 31.6 Å². The lowest BCUT2D eigenvalue weighted by atomic mass is 10.1. The largest absolute Gasteiger partial charge is 0.351 e. The summed E-state index contributed by atoms with van der Waals surface area (Å²) >= 11 is 1.95. The Hall–Kier alpha value is -0.220. The molecule has 1 unspecified atom stereocenters. The highest BCUT2D eigenvalue weighted by atomic mass is 32.2. The second-order valence-corrected chi connectivity index (χ2v) is 5.22. The van der Waals surface area contributed by atoms with Gasteiger partial charge in [-0.3, -0.25) is 4.79 Å². The second kappa shape index (κ2) is 5.03. The molecule has 80 valence electrons. The fraction of sp³-hybridized carbons (Fsp3) is 0.900. The van der Waals surface area contributed by atoms with Gasteiger partial charge in [0.2, 0.25) is 5.91 Å². The Morgan fingerprint density at radius 1 is 1.36 bits per heavy atom. The maximum Gasteiger partial charge on any atom is 0.237 e. The van der Waals surface area contributed by atoms with Gasteiger partial charge in [-0.15, -0.1) is 0 Å². The molecule has 2 saturated heterocycles.